The van der Waals surface area contributed by atoms with Crippen molar-refractivity contribution < 1.29 is 4.39 Å². The van der Waals surface area contributed by atoms with Gasteiger partial charge in [0.25, 0.3) is 5.56 Å². The Morgan fingerprint density at radius 2 is 1.79 bits per heavy atom. The standard InChI is InChI=1S/C28H21FN2OS2/c1-33-21-13-6-17(7-14-21)16-24-27(32)31-26(19-8-11-20(29)12-9-19)23-15-10-18-4-2-3-5-22(18)25(23)30-28(31)34-24/h2-9,11-14,16,26H,10,15H2,1H3/b24-16+/t26-/m0/s1. The van der Waals surface area contributed by atoms with E-state index < -0.39 is 0 Å². The van der Waals surface area contributed by atoms with Crippen molar-refractivity contribution in [3.63, 3.8) is 0 Å². The van der Waals surface area contributed by atoms with Crippen LogP contribution in [-0.2, 0) is 6.42 Å². The minimum atomic E-state index is -0.291. The number of hydrogen-bond acceptors (Lipinski definition) is 4. The number of thiazole rings is 1. The molecule has 3 aromatic carbocycles. The zero-order valence-electron chi connectivity index (χ0n) is 18.5. The molecule has 0 saturated carbocycles. The fourth-order valence-electron chi connectivity index (χ4n) is 4.82. The zero-order chi connectivity index (χ0) is 23.2. The van der Waals surface area contributed by atoms with Crippen molar-refractivity contribution >= 4 is 34.9 Å². The van der Waals surface area contributed by atoms with E-state index in [2.05, 4.69) is 30.3 Å². The summed E-state index contributed by atoms with van der Waals surface area (Å²) in [6, 6.07) is 22.7. The van der Waals surface area contributed by atoms with E-state index in [1.807, 2.05) is 30.5 Å². The highest BCUT2D eigenvalue weighted by atomic mass is 32.2. The largest absolute Gasteiger partial charge is 0.272 e. The number of hydrogen-bond donors (Lipinski definition) is 0. The molecule has 34 heavy (non-hydrogen) atoms. The lowest BCUT2D eigenvalue weighted by molar-refractivity contribution is 0.581. The minimum Gasteiger partial charge on any atom is -0.272 e. The number of aryl methyl sites for hydroxylation is 1. The van der Waals surface area contributed by atoms with Crippen molar-refractivity contribution in [2.24, 2.45) is 4.99 Å². The summed E-state index contributed by atoms with van der Waals surface area (Å²) in [4.78, 5) is 20.6. The highest BCUT2D eigenvalue weighted by Crippen LogP contribution is 2.41. The van der Waals surface area contributed by atoms with E-state index in [1.165, 1.54) is 33.9 Å². The van der Waals surface area contributed by atoms with Gasteiger partial charge in [0.15, 0.2) is 4.80 Å². The number of allylic oxidation sites excluding steroid dienone is 1. The van der Waals surface area contributed by atoms with Crippen molar-refractivity contribution in [3.8, 4) is 0 Å². The lowest BCUT2D eigenvalue weighted by Crippen LogP contribution is -2.38. The minimum absolute atomic E-state index is 0.0579. The Kier molecular flexibility index (Phi) is 5.35. The summed E-state index contributed by atoms with van der Waals surface area (Å²) in [5.41, 5.74) is 6.30. The van der Waals surface area contributed by atoms with E-state index in [0.717, 1.165) is 40.8 Å². The third kappa shape index (κ3) is 3.58. The van der Waals surface area contributed by atoms with Gasteiger partial charge >= 0.3 is 0 Å². The topological polar surface area (TPSA) is 34.4 Å². The van der Waals surface area contributed by atoms with E-state index >= 15 is 0 Å². The quantitative estimate of drug-likeness (QED) is 0.376. The van der Waals surface area contributed by atoms with Crippen LogP contribution in [0.2, 0.25) is 0 Å². The van der Waals surface area contributed by atoms with Crippen molar-refractivity contribution in [2.75, 3.05) is 6.26 Å². The molecule has 0 fully saturated rings. The fourth-order valence-corrected chi connectivity index (χ4v) is 6.23. The van der Waals surface area contributed by atoms with E-state index in [1.54, 1.807) is 28.5 Å². The Morgan fingerprint density at radius 3 is 2.56 bits per heavy atom. The van der Waals surface area contributed by atoms with Gasteiger partial charge in [-0.3, -0.25) is 9.36 Å². The molecule has 0 spiro atoms. The third-order valence-corrected chi connectivity index (χ3v) is 8.20. The molecule has 2 aliphatic rings. The Hall–Kier alpha value is -3.22. The van der Waals surface area contributed by atoms with Crippen LogP contribution in [0.4, 0.5) is 4.39 Å². The maximum absolute atomic E-state index is 13.8. The molecule has 2 heterocycles. The molecule has 4 aromatic rings. The van der Waals surface area contributed by atoms with Crippen LogP contribution in [0.15, 0.2) is 93.1 Å². The molecule has 1 aliphatic carbocycles. The average Bonchev–Trinajstić information content (AvgIpc) is 3.18. The summed E-state index contributed by atoms with van der Waals surface area (Å²) in [6.07, 6.45) is 5.70. The van der Waals surface area contributed by atoms with Crippen molar-refractivity contribution in [1.82, 2.24) is 4.57 Å². The Labute approximate surface area is 204 Å². The van der Waals surface area contributed by atoms with Crippen LogP contribution in [0, 0.1) is 5.82 Å². The molecule has 0 N–H and O–H groups in total. The molecular weight excluding hydrogens is 463 g/mol. The molecule has 0 saturated heterocycles. The normalized spacial score (nSPS) is 17.1. The molecule has 0 amide bonds. The van der Waals surface area contributed by atoms with Crippen LogP contribution < -0.4 is 14.9 Å². The van der Waals surface area contributed by atoms with Gasteiger partial charge in [0.05, 0.1) is 16.3 Å². The number of nitrogens with zero attached hydrogens (tertiary/aromatic N) is 2. The van der Waals surface area contributed by atoms with Crippen molar-refractivity contribution in [3.05, 3.63) is 126 Å². The summed E-state index contributed by atoms with van der Waals surface area (Å²) >= 11 is 3.10. The van der Waals surface area contributed by atoms with Gasteiger partial charge in [-0.15, -0.1) is 11.8 Å². The molecule has 0 radical (unpaired) electrons. The Balaban J connectivity index is 1.59. The molecule has 6 rings (SSSR count). The van der Waals surface area contributed by atoms with Gasteiger partial charge in [-0.05, 0) is 71.7 Å². The number of halogens is 1. The van der Waals surface area contributed by atoms with Gasteiger partial charge in [0.1, 0.15) is 5.82 Å². The Morgan fingerprint density at radius 1 is 1.03 bits per heavy atom. The summed E-state index contributed by atoms with van der Waals surface area (Å²) < 4.78 is 16.2. The predicted molar refractivity (Wildman–Crippen MR) is 137 cm³/mol. The van der Waals surface area contributed by atoms with Gasteiger partial charge in [-0.25, -0.2) is 9.38 Å². The van der Waals surface area contributed by atoms with Gasteiger partial charge in [0, 0.05) is 10.5 Å². The lowest BCUT2D eigenvalue weighted by Gasteiger charge is -2.30. The van der Waals surface area contributed by atoms with E-state index in [0.29, 0.717) is 9.33 Å². The van der Waals surface area contributed by atoms with Crippen LogP contribution in [0.5, 0.6) is 0 Å². The average molecular weight is 485 g/mol. The first-order chi connectivity index (χ1) is 16.6. The summed E-state index contributed by atoms with van der Waals surface area (Å²) in [7, 11) is 0. The molecule has 168 valence electrons. The molecule has 1 aliphatic heterocycles. The van der Waals surface area contributed by atoms with E-state index in [4.69, 9.17) is 4.99 Å². The van der Waals surface area contributed by atoms with Crippen LogP contribution in [-0.4, -0.2) is 10.8 Å². The molecule has 0 unspecified atom stereocenters. The zero-order valence-corrected chi connectivity index (χ0v) is 20.1. The first-order valence-corrected chi connectivity index (χ1v) is 13.2. The van der Waals surface area contributed by atoms with Crippen LogP contribution >= 0.6 is 23.1 Å². The molecule has 3 nitrogen and oxygen atoms in total. The molecule has 0 bridgehead atoms. The molecule has 1 aromatic heterocycles. The lowest BCUT2D eigenvalue weighted by atomic mass is 9.83. The maximum Gasteiger partial charge on any atom is 0.271 e. The van der Waals surface area contributed by atoms with Crippen LogP contribution in [0.3, 0.4) is 0 Å². The molecule has 1 atom stereocenters. The molecule has 6 heteroatoms. The first kappa shape index (κ1) is 21.3. The second kappa shape index (κ2) is 8.53. The monoisotopic (exact) mass is 484 g/mol. The third-order valence-electron chi connectivity index (χ3n) is 6.47. The Bertz CT molecular complexity index is 1610. The first-order valence-electron chi connectivity index (χ1n) is 11.1. The maximum atomic E-state index is 13.8. The van der Waals surface area contributed by atoms with Crippen LogP contribution in [0.1, 0.15) is 34.7 Å². The van der Waals surface area contributed by atoms with Gasteiger partial charge in [0.2, 0.25) is 0 Å². The fraction of sp³-hybridized carbons (Fsp3) is 0.143. The number of benzene rings is 3. The summed E-state index contributed by atoms with van der Waals surface area (Å²) in [6.45, 7) is 0. The van der Waals surface area contributed by atoms with E-state index in [9.17, 15) is 9.18 Å². The van der Waals surface area contributed by atoms with Crippen molar-refractivity contribution in [2.45, 2.75) is 23.8 Å². The number of rotatable bonds is 3. The second-order valence-electron chi connectivity index (χ2n) is 8.44. The van der Waals surface area contributed by atoms with E-state index in [-0.39, 0.29) is 17.4 Å². The SMILES string of the molecule is CSc1ccc(/C=c2/sc3n(c2=O)[C@@H](c2ccc(F)cc2)C2=C(N=3)c3ccccc3CC2)cc1. The van der Waals surface area contributed by atoms with Crippen LogP contribution in [0.25, 0.3) is 11.8 Å². The van der Waals surface area contributed by atoms with Gasteiger partial charge in [-0.2, -0.15) is 0 Å². The van der Waals surface area contributed by atoms with Gasteiger partial charge in [-0.1, -0.05) is 59.9 Å². The summed E-state index contributed by atoms with van der Waals surface area (Å²) in [5, 5.41) is 0. The predicted octanol–water partition coefficient (Wildman–Crippen LogP) is 5.18. The highest BCUT2D eigenvalue weighted by molar-refractivity contribution is 7.98. The number of fused-ring (bicyclic) bond motifs is 3. The second-order valence-corrected chi connectivity index (χ2v) is 10.3. The summed E-state index contributed by atoms with van der Waals surface area (Å²) in [5.74, 6) is -0.284. The van der Waals surface area contributed by atoms with Gasteiger partial charge < -0.3 is 0 Å². The smallest absolute Gasteiger partial charge is 0.271 e. The molecular formula is C28H21FN2OS2. The highest BCUT2D eigenvalue weighted by Gasteiger charge is 2.32. The number of aromatic nitrogens is 1. The number of thioether (sulfide) groups is 1. The van der Waals surface area contributed by atoms with Crippen molar-refractivity contribution in [1.29, 1.82) is 0 Å².